The molecule has 0 heterocycles. The van der Waals surface area contributed by atoms with Crippen LogP contribution in [0.4, 0.5) is 0 Å². The zero-order chi connectivity index (χ0) is 50.0. The molecule has 0 amide bonds. The van der Waals surface area contributed by atoms with Gasteiger partial charge in [0.1, 0.15) is 13.2 Å². The second-order valence-electron chi connectivity index (χ2n) is 17.4. The molecule has 6 heteroatoms. The van der Waals surface area contributed by atoms with E-state index in [1.807, 2.05) is 0 Å². The Labute approximate surface area is 423 Å². The Morgan fingerprint density at radius 3 is 0.942 bits per heavy atom. The number of ether oxygens (including phenoxy) is 3. The highest BCUT2D eigenvalue weighted by Crippen LogP contribution is 2.11. The summed E-state index contributed by atoms with van der Waals surface area (Å²) in [5.41, 5.74) is 0. The SMILES string of the molecule is CC/C=C\C/C=C\C/C=C\C/C=C\C/C=C\CCCC(=O)O[C@@H](COC(=O)CCCCC/C=C\C/C=C\C/C=C\C/C=C\CCCCC)COC(=O)CCCCCCC/C=C\C/C=C\C/C=C\CC. The average molecular weight is 951 g/mol. The summed E-state index contributed by atoms with van der Waals surface area (Å²) >= 11 is 0. The van der Waals surface area contributed by atoms with Gasteiger partial charge < -0.3 is 14.2 Å². The van der Waals surface area contributed by atoms with Crippen molar-refractivity contribution in [3.8, 4) is 0 Å². The Kier molecular flexibility index (Phi) is 52.1. The first kappa shape index (κ1) is 64.3. The highest BCUT2D eigenvalue weighted by atomic mass is 16.6. The molecular weight excluding hydrogens is 853 g/mol. The third-order valence-electron chi connectivity index (χ3n) is 10.8. The van der Waals surface area contributed by atoms with Gasteiger partial charge in [-0.2, -0.15) is 0 Å². The summed E-state index contributed by atoms with van der Waals surface area (Å²) in [5.74, 6) is -1.04. The first-order valence-electron chi connectivity index (χ1n) is 27.3. The van der Waals surface area contributed by atoms with Crippen LogP contribution in [0.1, 0.15) is 213 Å². The van der Waals surface area contributed by atoms with Crippen LogP contribution in [0.15, 0.2) is 146 Å². The van der Waals surface area contributed by atoms with Gasteiger partial charge in [0.05, 0.1) is 0 Å². The molecule has 0 bridgehead atoms. The molecule has 1 atom stereocenters. The Hall–Kier alpha value is -4.71. The first-order chi connectivity index (χ1) is 34.0. The summed E-state index contributed by atoms with van der Waals surface area (Å²) in [6.45, 7) is 6.27. The molecule has 69 heavy (non-hydrogen) atoms. The molecule has 0 aromatic heterocycles. The maximum absolute atomic E-state index is 12.8. The number of allylic oxidation sites excluding steroid dienone is 24. The molecule has 0 aliphatic heterocycles. The van der Waals surface area contributed by atoms with E-state index in [2.05, 4.69) is 167 Å². The van der Waals surface area contributed by atoms with Gasteiger partial charge in [-0.1, -0.05) is 205 Å². The average Bonchev–Trinajstić information content (AvgIpc) is 3.35. The van der Waals surface area contributed by atoms with E-state index in [4.69, 9.17) is 14.2 Å². The fourth-order valence-electron chi connectivity index (χ4n) is 6.77. The molecule has 0 fully saturated rings. The van der Waals surface area contributed by atoms with E-state index in [0.717, 1.165) is 141 Å². The number of hydrogen-bond donors (Lipinski definition) is 0. The molecular formula is C63H98O6. The van der Waals surface area contributed by atoms with Crippen LogP contribution in [0.5, 0.6) is 0 Å². The van der Waals surface area contributed by atoms with Gasteiger partial charge in [-0.15, -0.1) is 0 Å². The lowest BCUT2D eigenvalue weighted by Crippen LogP contribution is -2.30. The van der Waals surface area contributed by atoms with Crippen LogP contribution >= 0.6 is 0 Å². The summed E-state index contributed by atoms with van der Waals surface area (Å²) in [6, 6.07) is 0. The van der Waals surface area contributed by atoms with Crippen LogP contribution in [-0.4, -0.2) is 37.2 Å². The highest BCUT2D eigenvalue weighted by Gasteiger charge is 2.19. The fourth-order valence-corrected chi connectivity index (χ4v) is 6.77. The first-order valence-corrected chi connectivity index (χ1v) is 27.3. The van der Waals surface area contributed by atoms with Crippen LogP contribution < -0.4 is 0 Å². The summed E-state index contributed by atoms with van der Waals surface area (Å²) in [7, 11) is 0. The highest BCUT2D eigenvalue weighted by molar-refractivity contribution is 5.71. The molecule has 0 aliphatic carbocycles. The Bertz CT molecular complexity index is 1560. The van der Waals surface area contributed by atoms with Crippen LogP contribution in [-0.2, 0) is 28.6 Å². The summed E-state index contributed by atoms with van der Waals surface area (Å²) < 4.78 is 16.7. The number of unbranched alkanes of at least 4 members (excludes halogenated alkanes) is 12. The maximum atomic E-state index is 12.8. The smallest absolute Gasteiger partial charge is 0.306 e. The number of hydrogen-bond acceptors (Lipinski definition) is 6. The second kappa shape index (κ2) is 55.9. The predicted octanol–water partition coefficient (Wildman–Crippen LogP) is 18.4. The Balaban J connectivity index is 4.59. The summed E-state index contributed by atoms with van der Waals surface area (Å²) in [6.07, 6.45) is 79.8. The van der Waals surface area contributed by atoms with E-state index in [-0.39, 0.29) is 37.5 Å². The molecule has 0 N–H and O–H groups in total. The van der Waals surface area contributed by atoms with E-state index in [1.54, 1.807) is 0 Å². The molecule has 386 valence electrons. The van der Waals surface area contributed by atoms with Gasteiger partial charge in [0.2, 0.25) is 0 Å². The van der Waals surface area contributed by atoms with Gasteiger partial charge in [-0.3, -0.25) is 14.4 Å². The van der Waals surface area contributed by atoms with Crippen molar-refractivity contribution < 1.29 is 28.6 Å². The van der Waals surface area contributed by atoms with Crippen molar-refractivity contribution in [2.75, 3.05) is 13.2 Å². The van der Waals surface area contributed by atoms with Crippen molar-refractivity contribution in [1.82, 2.24) is 0 Å². The van der Waals surface area contributed by atoms with Crippen molar-refractivity contribution >= 4 is 17.9 Å². The minimum atomic E-state index is -0.835. The third kappa shape index (κ3) is 54.1. The minimum absolute atomic E-state index is 0.126. The Morgan fingerprint density at radius 2 is 0.580 bits per heavy atom. The molecule has 0 aromatic rings. The molecule has 0 radical (unpaired) electrons. The largest absolute Gasteiger partial charge is 0.462 e. The van der Waals surface area contributed by atoms with Crippen LogP contribution in [0, 0.1) is 0 Å². The molecule has 0 aromatic carbocycles. The van der Waals surface area contributed by atoms with Gasteiger partial charge in [0.15, 0.2) is 6.10 Å². The topological polar surface area (TPSA) is 78.9 Å². The van der Waals surface area contributed by atoms with Crippen molar-refractivity contribution in [3.05, 3.63) is 146 Å². The van der Waals surface area contributed by atoms with Crippen LogP contribution in [0.2, 0.25) is 0 Å². The maximum Gasteiger partial charge on any atom is 0.306 e. The van der Waals surface area contributed by atoms with E-state index < -0.39 is 6.10 Å². The van der Waals surface area contributed by atoms with E-state index in [9.17, 15) is 14.4 Å². The number of carbonyl (C=O) groups is 3. The van der Waals surface area contributed by atoms with Crippen molar-refractivity contribution in [1.29, 1.82) is 0 Å². The fraction of sp³-hybridized carbons (Fsp3) is 0.571. The standard InChI is InChI=1S/C63H98O6/c1-4-7-10-13-16-19-22-25-28-30-31-33-35-38-41-44-47-50-53-56-62(65)68-59-60(58-67-61(64)55-52-49-46-43-40-37-34-27-24-21-18-15-12-9-6-3)69-63(66)57-54-51-48-45-42-39-36-32-29-26-23-20-17-14-11-8-5-2/h8-9,11-12,16-21,25-29,31,33-34,36,38-39,41,45,48,60H,4-7,10,13-15,22-24,30,32,35,37,40,42-44,46-47,49-59H2,1-3H3/b11-8-,12-9-,19-16-,20-17-,21-18-,28-25-,29-26-,33-31-,34-27-,39-36-,41-38-,48-45-/t60-/m1/s1. The van der Waals surface area contributed by atoms with Gasteiger partial charge in [0, 0.05) is 19.3 Å². The zero-order valence-electron chi connectivity index (χ0n) is 44.0. The molecule has 0 spiro atoms. The van der Waals surface area contributed by atoms with Gasteiger partial charge in [0.25, 0.3) is 0 Å². The minimum Gasteiger partial charge on any atom is -0.462 e. The van der Waals surface area contributed by atoms with Crippen molar-refractivity contribution in [2.24, 2.45) is 0 Å². The summed E-state index contributed by atoms with van der Waals surface area (Å²) in [4.78, 5) is 38.1. The quantitative estimate of drug-likeness (QED) is 0.0262. The molecule has 0 rings (SSSR count). The van der Waals surface area contributed by atoms with E-state index >= 15 is 0 Å². The molecule has 0 aliphatic rings. The van der Waals surface area contributed by atoms with Crippen LogP contribution in [0.3, 0.4) is 0 Å². The second-order valence-corrected chi connectivity index (χ2v) is 17.4. The number of esters is 3. The zero-order valence-corrected chi connectivity index (χ0v) is 44.0. The van der Waals surface area contributed by atoms with E-state index in [0.29, 0.717) is 19.3 Å². The Morgan fingerprint density at radius 1 is 0.304 bits per heavy atom. The summed E-state index contributed by atoms with van der Waals surface area (Å²) in [5, 5.41) is 0. The lowest BCUT2D eigenvalue weighted by atomic mass is 10.1. The van der Waals surface area contributed by atoms with Crippen molar-refractivity contribution in [3.63, 3.8) is 0 Å². The lowest BCUT2D eigenvalue weighted by molar-refractivity contribution is -0.167. The van der Waals surface area contributed by atoms with Crippen LogP contribution in [0.25, 0.3) is 0 Å². The normalized spacial score (nSPS) is 13.3. The molecule has 0 unspecified atom stereocenters. The monoisotopic (exact) mass is 951 g/mol. The van der Waals surface area contributed by atoms with Gasteiger partial charge in [-0.05, 0) is 135 Å². The lowest BCUT2D eigenvalue weighted by Gasteiger charge is -2.18. The molecule has 6 nitrogen and oxygen atoms in total. The van der Waals surface area contributed by atoms with Gasteiger partial charge >= 0.3 is 17.9 Å². The van der Waals surface area contributed by atoms with Gasteiger partial charge in [-0.25, -0.2) is 0 Å². The third-order valence-corrected chi connectivity index (χ3v) is 10.8. The predicted molar refractivity (Wildman–Crippen MR) is 297 cm³/mol. The number of rotatable bonds is 47. The van der Waals surface area contributed by atoms with E-state index in [1.165, 1.54) is 25.7 Å². The molecule has 0 saturated carbocycles. The number of carbonyl (C=O) groups excluding carboxylic acids is 3. The molecule has 0 saturated heterocycles. The van der Waals surface area contributed by atoms with Crippen molar-refractivity contribution in [2.45, 2.75) is 219 Å².